The van der Waals surface area contributed by atoms with Crippen molar-refractivity contribution in [1.29, 1.82) is 0 Å². The summed E-state index contributed by atoms with van der Waals surface area (Å²) in [6, 6.07) is 0. The molecule has 0 atom stereocenters. The van der Waals surface area contributed by atoms with Crippen LogP contribution >= 0.6 is 0 Å². The van der Waals surface area contributed by atoms with E-state index in [-0.39, 0.29) is 19.3 Å². The van der Waals surface area contributed by atoms with Crippen LogP contribution in [0.15, 0.2) is 12.2 Å². The average molecular weight is 527 g/mol. The lowest BCUT2D eigenvalue weighted by Crippen LogP contribution is -2.50. The molecular weight excluding hydrogens is 470 g/mol. The summed E-state index contributed by atoms with van der Waals surface area (Å²) in [6.45, 7) is 5.62. The molecule has 0 bridgehead atoms. The molecule has 0 fully saturated rings. The van der Waals surface area contributed by atoms with Crippen LogP contribution in [0.2, 0.25) is 0 Å². The topological polar surface area (TPSA) is 112 Å². The molecule has 216 valence electrons. The molecule has 0 aromatic carbocycles. The molecule has 0 aromatic rings. The fourth-order valence-corrected chi connectivity index (χ4v) is 4.95. The summed E-state index contributed by atoms with van der Waals surface area (Å²) >= 11 is 0. The predicted molar refractivity (Wildman–Crippen MR) is 150 cm³/mol. The van der Waals surface area contributed by atoms with Crippen molar-refractivity contribution in [2.45, 2.75) is 135 Å². The van der Waals surface area contributed by atoms with Crippen LogP contribution in [0, 0.1) is 0 Å². The number of carboxylic acids is 3. The van der Waals surface area contributed by atoms with E-state index in [1.54, 1.807) is 0 Å². The van der Waals surface area contributed by atoms with Crippen molar-refractivity contribution in [3.8, 4) is 0 Å². The van der Waals surface area contributed by atoms with Crippen LogP contribution in [-0.4, -0.2) is 63.9 Å². The first-order valence-electron chi connectivity index (χ1n) is 15.0. The third-order valence-electron chi connectivity index (χ3n) is 7.20. The van der Waals surface area contributed by atoms with E-state index in [0.717, 1.165) is 56.3 Å². The minimum Gasteiger partial charge on any atom is -0.481 e. The highest BCUT2D eigenvalue weighted by Gasteiger charge is 2.25. The second-order valence-electron chi connectivity index (χ2n) is 10.7. The SMILES string of the molecule is CCCCCCCCCCCC/C=C/C[N+](CCCCC(=O)O)(CCCCC(=O)O)CCCCC(=O)O. The van der Waals surface area contributed by atoms with Crippen molar-refractivity contribution in [2.24, 2.45) is 0 Å². The lowest BCUT2D eigenvalue weighted by Gasteiger charge is -2.38. The number of rotatable bonds is 28. The van der Waals surface area contributed by atoms with Crippen LogP contribution < -0.4 is 0 Å². The van der Waals surface area contributed by atoms with Crippen molar-refractivity contribution in [2.75, 3.05) is 26.2 Å². The normalized spacial score (nSPS) is 11.8. The predicted octanol–water partition coefficient (Wildman–Crippen LogP) is 7.44. The Hall–Kier alpha value is -1.89. The van der Waals surface area contributed by atoms with Crippen LogP contribution in [0.25, 0.3) is 0 Å². The van der Waals surface area contributed by atoms with Gasteiger partial charge in [0.15, 0.2) is 0 Å². The molecule has 0 saturated heterocycles. The Morgan fingerprint density at radius 1 is 0.514 bits per heavy atom. The molecule has 0 spiro atoms. The zero-order chi connectivity index (χ0) is 27.6. The average Bonchev–Trinajstić information content (AvgIpc) is 2.84. The standard InChI is InChI=1S/C30H55NO6/c1-2-3-4-5-6-7-8-9-10-11-12-13-17-24-31(25-18-14-21-28(32)33,26-19-15-22-29(34)35)27-20-16-23-30(36)37/h13,17H,2-12,14-16,18-27H2,1H3,(H2-,32,33,34,35,36,37)/p+1/b17-13+. The Bertz CT molecular complexity index is 564. The second-order valence-corrected chi connectivity index (χ2v) is 10.7. The zero-order valence-corrected chi connectivity index (χ0v) is 23.6. The monoisotopic (exact) mass is 526 g/mol. The third-order valence-corrected chi connectivity index (χ3v) is 7.20. The Labute approximate surface area is 225 Å². The summed E-state index contributed by atoms with van der Waals surface area (Å²) in [5.41, 5.74) is 0. The maximum atomic E-state index is 11.0. The summed E-state index contributed by atoms with van der Waals surface area (Å²) in [7, 11) is 0. The molecule has 0 rings (SSSR count). The van der Waals surface area contributed by atoms with Crippen LogP contribution in [0.1, 0.15) is 135 Å². The van der Waals surface area contributed by atoms with Gasteiger partial charge < -0.3 is 19.8 Å². The van der Waals surface area contributed by atoms with Crippen molar-refractivity contribution in [3.63, 3.8) is 0 Å². The van der Waals surface area contributed by atoms with E-state index in [1.165, 1.54) is 64.2 Å². The van der Waals surface area contributed by atoms with Gasteiger partial charge in [-0.3, -0.25) is 14.4 Å². The molecule has 0 aliphatic heterocycles. The number of allylic oxidation sites excluding steroid dienone is 1. The minimum absolute atomic E-state index is 0.159. The largest absolute Gasteiger partial charge is 0.481 e. The Kier molecular flexibility index (Phi) is 23.2. The van der Waals surface area contributed by atoms with E-state index in [9.17, 15) is 14.4 Å². The van der Waals surface area contributed by atoms with Gasteiger partial charge >= 0.3 is 17.9 Å². The molecule has 0 saturated carbocycles. The second kappa shape index (κ2) is 24.4. The van der Waals surface area contributed by atoms with Crippen molar-refractivity contribution >= 4 is 17.9 Å². The summed E-state index contributed by atoms with van der Waals surface area (Å²) in [5.74, 6) is -2.34. The molecule has 37 heavy (non-hydrogen) atoms. The summed E-state index contributed by atoms with van der Waals surface area (Å²) < 4.78 is 0.785. The molecule has 7 nitrogen and oxygen atoms in total. The lowest BCUT2D eigenvalue weighted by molar-refractivity contribution is -0.923. The first kappa shape index (κ1) is 35.1. The van der Waals surface area contributed by atoms with Gasteiger partial charge in [-0.2, -0.15) is 0 Å². The maximum Gasteiger partial charge on any atom is 0.303 e. The summed E-state index contributed by atoms with van der Waals surface area (Å²) in [5, 5.41) is 27.0. The smallest absolute Gasteiger partial charge is 0.303 e. The maximum absolute atomic E-state index is 11.0. The number of hydrogen-bond acceptors (Lipinski definition) is 3. The highest BCUT2D eigenvalue weighted by Crippen LogP contribution is 2.18. The van der Waals surface area contributed by atoms with Gasteiger partial charge in [0, 0.05) is 19.3 Å². The van der Waals surface area contributed by atoms with E-state index >= 15 is 0 Å². The molecule has 0 aliphatic rings. The van der Waals surface area contributed by atoms with Crippen molar-refractivity contribution in [3.05, 3.63) is 12.2 Å². The molecule has 0 aromatic heterocycles. The first-order chi connectivity index (χ1) is 17.8. The fraction of sp³-hybridized carbons (Fsp3) is 0.833. The van der Waals surface area contributed by atoms with E-state index in [1.807, 2.05) is 0 Å². The van der Waals surface area contributed by atoms with Crippen molar-refractivity contribution in [1.82, 2.24) is 0 Å². The van der Waals surface area contributed by atoms with E-state index in [2.05, 4.69) is 19.1 Å². The molecular formula is C30H56NO6+. The van der Waals surface area contributed by atoms with Gasteiger partial charge in [0.1, 0.15) is 0 Å². The Morgan fingerprint density at radius 2 is 0.892 bits per heavy atom. The molecule has 0 heterocycles. The Morgan fingerprint density at radius 3 is 1.27 bits per heavy atom. The highest BCUT2D eigenvalue weighted by atomic mass is 16.4. The van der Waals surface area contributed by atoms with Gasteiger partial charge in [0.25, 0.3) is 0 Å². The fourth-order valence-electron chi connectivity index (χ4n) is 4.95. The van der Waals surface area contributed by atoms with Gasteiger partial charge in [-0.1, -0.05) is 70.8 Å². The van der Waals surface area contributed by atoms with Crippen LogP contribution in [0.3, 0.4) is 0 Å². The van der Waals surface area contributed by atoms with Crippen LogP contribution in [0.5, 0.6) is 0 Å². The zero-order valence-electron chi connectivity index (χ0n) is 23.6. The Balaban J connectivity index is 4.69. The number of carbonyl (C=O) groups is 3. The number of aliphatic carboxylic acids is 3. The summed E-state index contributed by atoms with van der Waals surface area (Å²) in [4.78, 5) is 32.9. The first-order valence-corrected chi connectivity index (χ1v) is 15.0. The quantitative estimate of drug-likeness (QED) is 0.0555. The molecule has 0 amide bonds. The molecule has 3 N–H and O–H groups in total. The van der Waals surface area contributed by atoms with Crippen LogP contribution in [-0.2, 0) is 14.4 Å². The van der Waals surface area contributed by atoms with Gasteiger partial charge in [-0.05, 0) is 57.4 Å². The highest BCUT2D eigenvalue weighted by molar-refractivity contribution is 5.67. The molecule has 7 heteroatoms. The number of unbranched alkanes of at least 4 members (excludes halogenated alkanes) is 13. The van der Waals surface area contributed by atoms with Gasteiger partial charge in [0.2, 0.25) is 0 Å². The molecule has 0 radical (unpaired) electrons. The van der Waals surface area contributed by atoms with E-state index in [0.29, 0.717) is 19.3 Å². The van der Waals surface area contributed by atoms with Gasteiger partial charge in [0.05, 0.1) is 26.2 Å². The molecule has 0 aliphatic carbocycles. The van der Waals surface area contributed by atoms with Crippen molar-refractivity contribution < 1.29 is 34.2 Å². The van der Waals surface area contributed by atoms with Gasteiger partial charge in [-0.15, -0.1) is 0 Å². The minimum atomic E-state index is -0.780. The molecule has 0 unspecified atom stereocenters. The number of quaternary nitrogens is 1. The summed E-state index contributed by atoms with van der Waals surface area (Å²) in [6.07, 6.45) is 23.6. The van der Waals surface area contributed by atoms with E-state index < -0.39 is 17.9 Å². The van der Waals surface area contributed by atoms with E-state index in [4.69, 9.17) is 15.3 Å². The number of hydrogen-bond donors (Lipinski definition) is 3. The third kappa shape index (κ3) is 24.2. The van der Waals surface area contributed by atoms with Gasteiger partial charge in [-0.25, -0.2) is 0 Å². The lowest BCUT2D eigenvalue weighted by atomic mass is 10.1. The van der Waals surface area contributed by atoms with Crippen LogP contribution in [0.4, 0.5) is 0 Å². The number of nitrogens with zero attached hydrogens (tertiary/aromatic N) is 1. The number of carboxylic acid groups (broad SMARTS) is 3.